The molecule has 0 unspecified atom stereocenters. The van der Waals surface area contributed by atoms with Crippen LogP contribution in [0.15, 0.2) is 60.7 Å². The Bertz CT molecular complexity index is 925. The minimum Gasteiger partial charge on any atom is -0.351 e. The molecule has 1 aromatic heterocycles. The molecule has 2 N–H and O–H groups in total. The first-order valence-electron chi connectivity index (χ1n) is 9.57. The third kappa shape index (κ3) is 5.91. The number of aryl methyl sites for hydroxylation is 3. The highest BCUT2D eigenvalue weighted by Crippen LogP contribution is 2.09. The fourth-order valence-electron chi connectivity index (χ4n) is 3.00. The standard InChI is InChI=1S/C23H26N4O/c1-17-8-6-11-20(14-17)16-25-23-26-18(2)15-21(27-23)22(28)24-13-7-12-19-9-4-3-5-10-19/h3-6,8-11,14-15H,7,12-13,16H2,1-2H3,(H,24,28)(H,25,26,27). The van der Waals surface area contributed by atoms with Crippen LogP contribution in [0.3, 0.4) is 0 Å². The minimum absolute atomic E-state index is 0.169. The second-order valence-electron chi connectivity index (χ2n) is 6.91. The second kappa shape index (κ2) is 9.65. The van der Waals surface area contributed by atoms with Crippen LogP contribution in [0, 0.1) is 13.8 Å². The molecule has 3 aromatic rings. The molecule has 144 valence electrons. The molecule has 0 fully saturated rings. The van der Waals surface area contributed by atoms with Gasteiger partial charge in [-0.05, 0) is 43.9 Å². The predicted molar refractivity (Wildman–Crippen MR) is 112 cm³/mol. The topological polar surface area (TPSA) is 66.9 Å². The van der Waals surface area contributed by atoms with E-state index in [4.69, 9.17) is 0 Å². The maximum atomic E-state index is 12.5. The molecule has 5 heteroatoms. The fourth-order valence-corrected chi connectivity index (χ4v) is 3.00. The summed E-state index contributed by atoms with van der Waals surface area (Å²) in [5.41, 5.74) is 4.78. The number of nitrogens with one attached hydrogen (secondary N) is 2. The first-order valence-corrected chi connectivity index (χ1v) is 9.57. The molecule has 0 spiro atoms. The summed E-state index contributed by atoms with van der Waals surface area (Å²) in [4.78, 5) is 21.2. The molecule has 3 rings (SSSR count). The summed E-state index contributed by atoms with van der Waals surface area (Å²) in [6.45, 7) is 5.16. The normalized spacial score (nSPS) is 10.5. The quantitative estimate of drug-likeness (QED) is 0.583. The van der Waals surface area contributed by atoms with Gasteiger partial charge >= 0.3 is 0 Å². The van der Waals surface area contributed by atoms with Gasteiger partial charge in [-0.25, -0.2) is 9.97 Å². The number of hydrogen-bond donors (Lipinski definition) is 2. The van der Waals surface area contributed by atoms with Gasteiger partial charge in [-0.2, -0.15) is 0 Å². The molecule has 0 atom stereocenters. The zero-order chi connectivity index (χ0) is 19.8. The first-order chi connectivity index (χ1) is 13.6. The van der Waals surface area contributed by atoms with Crippen LogP contribution in [0.25, 0.3) is 0 Å². The number of anilines is 1. The number of rotatable bonds is 8. The SMILES string of the molecule is Cc1cccc(CNc2nc(C)cc(C(=O)NCCCc3ccccc3)n2)c1. The van der Waals surface area contributed by atoms with Gasteiger partial charge in [0.2, 0.25) is 5.95 Å². The molecule has 0 bridgehead atoms. The van der Waals surface area contributed by atoms with Crippen LogP contribution < -0.4 is 10.6 Å². The van der Waals surface area contributed by atoms with Crippen molar-refractivity contribution in [3.05, 3.63) is 88.7 Å². The predicted octanol–water partition coefficient (Wildman–Crippen LogP) is 4.07. The molecule has 0 aliphatic heterocycles. The van der Waals surface area contributed by atoms with E-state index in [1.54, 1.807) is 6.07 Å². The smallest absolute Gasteiger partial charge is 0.270 e. The van der Waals surface area contributed by atoms with E-state index in [0.717, 1.165) is 24.1 Å². The van der Waals surface area contributed by atoms with Crippen molar-refractivity contribution in [2.75, 3.05) is 11.9 Å². The van der Waals surface area contributed by atoms with Crippen LogP contribution in [0.5, 0.6) is 0 Å². The van der Waals surface area contributed by atoms with Gasteiger partial charge in [0.25, 0.3) is 5.91 Å². The van der Waals surface area contributed by atoms with Crippen molar-refractivity contribution < 1.29 is 4.79 Å². The maximum Gasteiger partial charge on any atom is 0.270 e. The Kier molecular flexibility index (Phi) is 6.73. The zero-order valence-corrected chi connectivity index (χ0v) is 16.4. The van der Waals surface area contributed by atoms with Gasteiger partial charge < -0.3 is 10.6 Å². The van der Waals surface area contributed by atoms with E-state index >= 15 is 0 Å². The number of nitrogens with zero attached hydrogens (tertiary/aromatic N) is 2. The summed E-state index contributed by atoms with van der Waals surface area (Å²) in [6, 6.07) is 20.2. The number of hydrogen-bond acceptors (Lipinski definition) is 4. The molecular weight excluding hydrogens is 348 g/mol. The number of carbonyl (C=O) groups excluding carboxylic acids is 1. The highest BCUT2D eigenvalue weighted by Gasteiger charge is 2.10. The van der Waals surface area contributed by atoms with Crippen LogP contribution in [-0.4, -0.2) is 22.4 Å². The number of aromatic nitrogens is 2. The Labute approximate surface area is 166 Å². The summed E-state index contributed by atoms with van der Waals surface area (Å²) in [7, 11) is 0. The molecule has 2 aromatic carbocycles. The lowest BCUT2D eigenvalue weighted by Crippen LogP contribution is -2.26. The monoisotopic (exact) mass is 374 g/mol. The van der Waals surface area contributed by atoms with Gasteiger partial charge in [0, 0.05) is 18.8 Å². The summed E-state index contributed by atoms with van der Waals surface area (Å²) in [6.07, 6.45) is 1.82. The lowest BCUT2D eigenvalue weighted by Gasteiger charge is -2.09. The van der Waals surface area contributed by atoms with Gasteiger partial charge in [-0.1, -0.05) is 60.2 Å². The number of benzene rings is 2. The number of amides is 1. The molecular formula is C23H26N4O. The largest absolute Gasteiger partial charge is 0.351 e. The summed E-state index contributed by atoms with van der Waals surface area (Å²) in [5, 5.41) is 6.16. The van der Waals surface area contributed by atoms with Crippen molar-refractivity contribution in [2.24, 2.45) is 0 Å². The van der Waals surface area contributed by atoms with E-state index in [0.29, 0.717) is 24.7 Å². The Hall–Kier alpha value is -3.21. The van der Waals surface area contributed by atoms with E-state index < -0.39 is 0 Å². The lowest BCUT2D eigenvalue weighted by molar-refractivity contribution is 0.0948. The highest BCUT2D eigenvalue weighted by atomic mass is 16.1. The molecule has 1 heterocycles. The van der Waals surface area contributed by atoms with Crippen molar-refractivity contribution in [3.8, 4) is 0 Å². The van der Waals surface area contributed by atoms with Crippen LogP contribution >= 0.6 is 0 Å². The molecule has 0 saturated carbocycles. The van der Waals surface area contributed by atoms with Crippen LogP contribution in [0.4, 0.5) is 5.95 Å². The second-order valence-corrected chi connectivity index (χ2v) is 6.91. The third-order valence-electron chi connectivity index (χ3n) is 4.39. The van der Waals surface area contributed by atoms with Crippen molar-refractivity contribution in [1.29, 1.82) is 0 Å². The van der Waals surface area contributed by atoms with Crippen LogP contribution in [-0.2, 0) is 13.0 Å². The maximum absolute atomic E-state index is 12.5. The molecule has 5 nitrogen and oxygen atoms in total. The van der Waals surface area contributed by atoms with Crippen molar-refractivity contribution >= 4 is 11.9 Å². The Balaban J connectivity index is 1.53. The van der Waals surface area contributed by atoms with Crippen molar-refractivity contribution in [2.45, 2.75) is 33.2 Å². The Morgan fingerprint density at radius 3 is 2.50 bits per heavy atom. The van der Waals surface area contributed by atoms with Gasteiger partial charge in [-0.15, -0.1) is 0 Å². The van der Waals surface area contributed by atoms with E-state index in [1.807, 2.05) is 31.2 Å². The zero-order valence-electron chi connectivity index (χ0n) is 16.4. The summed E-state index contributed by atoms with van der Waals surface area (Å²) >= 11 is 0. The molecule has 1 amide bonds. The van der Waals surface area contributed by atoms with E-state index in [9.17, 15) is 4.79 Å². The summed E-state index contributed by atoms with van der Waals surface area (Å²) < 4.78 is 0. The van der Waals surface area contributed by atoms with E-state index in [2.05, 4.69) is 57.9 Å². The van der Waals surface area contributed by atoms with Crippen LogP contribution in [0.1, 0.15) is 39.3 Å². The molecule has 0 aliphatic rings. The molecule has 28 heavy (non-hydrogen) atoms. The average Bonchev–Trinajstić information content (AvgIpc) is 2.70. The van der Waals surface area contributed by atoms with Gasteiger partial charge in [-0.3, -0.25) is 4.79 Å². The van der Waals surface area contributed by atoms with E-state index in [-0.39, 0.29) is 5.91 Å². The molecule has 0 aliphatic carbocycles. The van der Waals surface area contributed by atoms with Crippen LogP contribution in [0.2, 0.25) is 0 Å². The lowest BCUT2D eigenvalue weighted by atomic mass is 10.1. The van der Waals surface area contributed by atoms with Gasteiger partial charge in [0.1, 0.15) is 5.69 Å². The molecule has 0 radical (unpaired) electrons. The molecule has 0 saturated heterocycles. The Morgan fingerprint density at radius 2 is 1.71 bits per heavy atom. The average molecular weight is 374 g/mol. The van der Waals surface area contributed by atoms with Gasteiger partial charge in [0.05, 0.1) is 0 Å². The van der Waals surface area contributed by atoms with Gasteiger partial charge in [0.15, 0.2) is 0 Å². The van der Waals surface area contributed by atoms with Crippen molar-refractivity contribution in [1.82, 2.24) is 15.3 Å². The fraction of sp³-hybridized carbons (Fsp3) is 0.261. The Morgan fingerprint density at radius 1 is 0.929 bits per heavy atom. The third-order valence-corrected chi connectivity index (χ3v) is 4.39. The van der Waals surface area contributed by atoms with E-state index in [1.165, 1.54) is 11.1 Å². The minimum atomic E-state index is -0.169. The first kappa shape index (κ1) is 19.5. The number of carbonyl (C=O) groups is 1. The highest BCUT2D eigenvalue weighted by molar-refractivity contribution is 5.92. The summed E-state index contributed by atoms with van der Waals surface area (Å²) in [5.74, 6) is 0.299. The van der Waals surface area contributed by atoms with Crippen molar-refractivity contribution in [3.63, 3.8) is 0 Å².